The number of carbonyl (C=O) groups excluding carboxylic acids is 2. The Morgan fingerprint density at radius 1 is 1.26 bits per heavy atom. The van der Waals surface area contributed by atoms with Crippen molar-refractivity contribution in [3.8, 4) is 5.75 Å². The van der Waals surface area contributed by atoms with Crippen molar-refractivity contribution in [1.29, 1.82) is 0 Å². The van der Waals surface area contributed by atoms with Gasteiger partial charge in [-0.15, -0.1) is 0 Å². The highest BCUT2D eigenvalue weighted by atomic mass is 127. The highest BCUT2D eigenvalue weighted by molar-refractivity contribution is 14.1. The first-order valence-electron chi connectivity index (χ1n) is 7.10. The second kappa shape index (κ2) is 9.41. The Hall–Kier alpha value is -1.80. The Balaban J connectivity index is 2.63. The molecule has 0 saturated heterocycles. The fourth-order valence-electron chi connectivity index (χ4n) is 1.46. The largest absolute Gasteiger partial charge is 0.743 e. The summed E-state index contributed by atoms with van der Waals surface area (Å²) in [5, 5.41) is -4.72. The molecule has 0 amide bonds. The van der Waals surface area contributed by atoms with E-state index in [0.717, 1.165) is 0 Å². The molecule has 0 unspecified atom stereocenters. The summed E-state index contributed by atoms with van der Waals surface area (Å²) in [6, 6.07) is 3.80. The molecule has 0 aliphatic heterocycles. The van der Waals surface area contributed by atoms with Gasteiger partial charge in [0.05, 0.1) is 9.13 Å². The van der Waals surface area contributed by atoms with Crippen LogP contribution in [0.3, 0.4) is 0 Å². The van der Waals surface area contributed by atoms with Crippen molar-refractivity contribution in [2.45, 2.75) is 12.2 Å². The summed E-state index contributed by atoms with van der Waals surface area (Å²) in [6.07, 6.45) is 0. The average Bonchev–Trinajstić information content (AvgIpc) is 2.56. The van der Waals surface area contributed by atoms with Crippen LogP contribution in [-0.4, -0.2) is 50.0 Å². The van der Waals surface area contributed by atoms with Crippen LogP contribution in [0, 0.1) is 3.57 Å². The Morgan fingerprint density at radius 2 is 1.89 bits per heavy atom. The first-order chi connectivity index (χ1) is 12.3. The molecule has 12 heteroatoms. The van der Waals surface area contributed by atoms with Crippen LogP contribution in [-0.2, 0) is 24.4 Å². The molecule has 0 aliphatic carbocycles. The molecule has 0 spiro atoms. The molecule has 1 aromatic rings. The highest BCUT2D eigenvalue weighted by Gasteiger charge is 2.39. The van der Waals surface area contributed by atoms with Crippen LogP contribution in [0.2, 0.25) is 0 Å². The fraction of sp³-hybridized carbons (Fsp3) is 0.333. The van der Waals surface area contributed by atoms with Crippen LogP contribution in [0.5, 0.6) is 5.75 Å². The topological polar surface area (TPSA) is 119 Å². The monoisotopic (exact) mass is 519 g/mol. The van der Waals surface area contributed by atoms with E-state index in [1.54, 1.807) is 22.6 Å². The van der Waals surface area contributed by atoms with Gasteiger partial charge in [0.25, 0.3) is 0 Å². The van der Waals surface area contributed by atoms with Crippen LogP contribution < -0.4 is 4.74 Å². The maximum Gasteiger partial charge on any atom is 0.367 e. The standard InChI is InChI=1S/C15H15F2IO8S/c1-9(2)13(19)25-6-5-24-12-4-3-10(7-11(12)18)14(20)26-8-15(16,17)27(21,22)23/h3-4,7H,1,5-6,8H2,2H3,(H,21,22,23)/p-1. The number of rotatable bonds is 9. The number of ether oxygens (including phenoxy) is 3. The zero-order valence-electron chi connectivity index (χ0n) is 13.9. The minimum atomic E-state index is -5.94. The lowest BCUT2D eigenvalue weighted by atomic mass is 10.2. The Morgan fingerprint density at radius 3 is 2.41 bits per heavy atom. The van der Waals surface area contributed by atoms with E-state index in [-0.39, 0.29) is 24.4 Å². The van der Waals surface area contributed by atoms with Crippen LogP contribution in [0.25, 0.3) is 0 Å². The molecular formula is C15H14F2IO8S-. The van der Waals surface area contributed by atoms with Crippen LogP contribution in [0.15, 0.2) is 30.4 Å². The summed E-state index contributed by atoms with van der Waals surface area (Å²) >= 11 is 1.80. The van der Waals surface area contributed by atoms with E-state index in [1.807, 2.05) is 0 Å². The molecule has 0 atom stereocenters. The summed E-state index contributed by atoms with van der Waals surface area (Å²) in [5.74, 6) is -1.48. The van der Waals surface area contributed by atoms with Gasteiger partial charge in [-0.25, -0.2) is 18.0 Å². The minimum Gasteiger partial charge on any atom is -0.743 e. The molecule has 8 nitrogen and oxygen atoms in total. The van der Waals surface area contributed by atoms with Gasteiger partial charge in [-0.05, 0) is 47.7 Å². The number of hydrogen-bond donors (Lipinski definition) is 0. The normalized spacial score (nSPS) is 11.6. The highest BCUT2D eigenvalue weighted by Crippen LogP contribution is 2.24. The quantitative estimate of drug-likeness (QED) is 0.160. The summed E-state index contributed by atoms with van der Waals surface area (Å²) in [6.45, 7) is 3.00. The summed E-state index contributed by atoms with van der Waals surface area (Å²) in [5.41, 5.74) is 0.0855. The summed E-state index contributed by atoms with van der Waals surface area (Å²) < 4.78 is 71.8. The van der Waals surface area contributed by atoms with Crippen molar-refractivity contribution < 1.29 is 45.6 Å². The van der Waals surface area contributed by atoms with E-state index in [2.05, 4.69) is 11.3 Å². The number of carbonyl (C=O) groups is 2. The van der Waals surface area contributed by atoms with Crippen LogP contribution in [0.1, 0.15) is 17.3 Å². The predicted octanol–water partition coefficient (Wildman–Crippen LogP) is 2.08. The zero-order chi connectivity index (χ0) is 20.8. The van der Waals surface area contributed by atoms with Crippen molar-refractivity contribution in [3.63, 3.8) is 0 Å². The Kier molecular flexibility index (Phi) is 8.10. The molecule has 0 aromatic heterocycles. The number of esters is 2. The van der Waals surface area contributed by atoms with Gasteiger partial charge in [0.1, 0.15) is 19.0 Å². The third-order valence-corrected chi connectivity index (χ3v) is 4.52. The second-order valence-electron chi connectivity index (χ2n) is 5.08. The third kappa shape index (κ3) is 7.03. The van der Waals surface area contributed by atoms with Gasteiger partial charge in [0, 0.05) is 5.57 Å². The van der Waals surface area contributed by atoms with Crippen molar-refractivity contribution in [1.82, 2.24) is 0 Å². The zero-order valence-corrected chi connectivity index (χ0v) is 16.8. The number of halogens is 3. The molecule has 150 valence electrons. The van der Waals surface area contributed by atoms with Gasteiger partial charge >= 0.3 is 17.2 Å². The predicted molar refractivity (Wildman–Crippen MR) is 95.4 cm³/mol. The van der Waals surface area contributed by atoms with E-state index in [1.165, 1.54) is 25.1 Å². The Bertz CT molecular complexity index is 838. The van der Waals surface area contributed by atoms with Gasteiger partial charge in [0.15, 0.2) is 16.7 Å². The molecule has 0 bridgehead atoms. The lowest BCUT2D eigenvalue weighted by Crippen LogP contribution is -2.34. The van der Waals surface area contributed by atoms with Gasteiger partial charge in [-0.3, -0.25) is 0 Å². The van der Waals surface area contributed by atoms with Crippen molar-refractivity contribution in [2.75, 3.05) is 19.8 Å². The molecule has 1 aromatic carbocycles. The smallest absolute Gasteiger partial charge is 0.367 e. The molecular weight excluding hydrogens is 505 g/mol. The van der Waals surface area contributed by atoms with Crippen molar-refractivity contribution in [3.05, 3.63) is 39.5 Å². The first kappa shape index (κ1) is 23.2. The first-order valence-corrected chi connectivity index (χ1v) is 9.59. The third-order valence-electron chi connectivity index (χ3n) is 2.83. The lowest BCUT2D eigenvalue weighted by Gasteiger charge is -2.19. The minimum absolute atomic E-state index is 0.0202. The summed E-state index contributed by atoms with van der Waals surface area (Å²) in [4.78, 5) is 22.9. The molecule has 0 fully saturated rings. The fourth-order valence-corrected chi connectivity index (χ4v) is 2.33. The number of alkyl halides is 2. The van der Waals surface area contributed by atoms with Crippen molar-refractivity contribution in [2.24, 2.45) is 0 Å². The Labute approximate surface area is 167 Å². The van der Waals surface area contributed by atoms with E-state index >= 15 is 0 Å². The maximum absolute atomic E-state index is 13.0. The molecule has 0 heterocycles. The maximum atomic E-state index is 13.0. The van der Waals surface area contributed by atoms with E-state index in [0.29, 0.717) is 9.32 Å². The molecule has 0 radical (unpaired) electrons. The van der Waals surface area contributed by atoms with Gasteiger partial charge in [0.2, 0.25) is 0 Å². The second-order valence-corrected chi connectivity index (χ2v) is 7.75. The van der Waals surface area contributed by atoms with E-state index in [4.69, 9.17) is 9.47 Å². The molecule has 0 saturated carbocycles. The van der Waals surface area contributed by atoms with E-state index < -0.39 is 33.9 Å². The van der Waals surface area contributed by atoms with Gasteiger partial charge in [-0.1, -0.05) is 6.58 Å². The average molecular weight is 519 g/mol. The SMILES string of the molecule is C=C(C)C(=O)OCCOc1ccc(C(=O)OCC(F)(F)S(=O)(=O)[O-])cc1I. The lowest BCUT2D eigenvalue weighted by molar-refractivity contribution is -0.139. The van der Waals surface area contributed by atoms with Crippen LogP contribution >= 0.6 is 22.6 Å². The molecule has 0 N–H and O–H groups in total. The molecule has 0 aliphatic rings. The number of hydrogen-bond acceptors (Lipinski definition) is 8. The van der Waals surface area contributed by atoms with Gasteiger partial charge < -0.3 is 18.8 Å². The van der Waals surface area contributed by atoms with Crippen LogP contribution in [0.4, 0.5) is 8.78 Å². The van der Waals surface area contributed by atoms with Gasteiger partial charge in [-0.2, -0.15) is 8.78 Å². The molecule has 27 heavy (non-hydrogen) atoms. The summed E-state index contributed by atoms with van der Waals surface area (Å²) in [7, 11) is -5.94. The molecule has 1 rings (SSSR count). The number of benzene rings is 1. The van der Waals surface area contributed by atoms with E-state index in [9.17, 15) is 31.3 Å². The van der Waals surface area contributed by atoms with Crippen molar-refractivity contribution >= 4 is 44.6 Å².